The van der Waals surface area contributed by atoms with Crippen LogP contribution < -0.4 is 11.1 Å². The summed E-state index contributed by atoms with van der Waals surface area (Å²) in [7, 11) is 0. The van der Waals surface area contributed by atoms with Crippen molar-refractivity contribution in [2.75, 3.05) is 13.1 Å². The quantitative estimate of drug-likeness (QED) is 0.804. The molecule has 0 saturated carbocycles. The van der Waals surface area contributed by atoms with Crippen LogP contribution in [0.5, 0.6) is 0 Å². The van der Waals surface area contributed by atoms with Crippen molar-refractivity contribution in [3.63, 3.8) is 0 Å². The van der Waals surface area contributed by atoms with Crippen LogP contribution in [-0.4, -0.2) is 13.1 Å². The molecule has 0 radical (unpaired) electrons. The van der Waals surface area contributed by atoms with E-state index in [-0.39, 0.29) is 11.2 Å². The highest BCUT2D eigenvalue weighted by molar-refractivity contribution is 5.18. The summed E-state index contributed by atoms with van der Waals surface area (Å²) in [5.41, 5.74) is 5.93. The van der Waals surface area contributed by atoms with Gasteiger partial charge in [0.2, 0.25) is 0 Å². The van der Waals surface area contributed by atoms with Gasteiger partial charge in [-0.25, -0.2) is 8.78 Å². The highest BCUT2D eigenvalue weighted by atomic mass is 19.1. The molecule has 0 heterocycles. The summed E-state index contributed by atoms with van der Waals surface area (Å²) < 4.78 is 26.2. The van der Waals surface area contributed by atoms with Gasteiger partial charge < -0.3 is 11.1 Å². The van der Waals surface area contributed by atoms with E-state index < -0.39 is 5.82 Å². The molecule has 96 valence electrons. The average Bonchev–Trinajstić information content (AvgIpc) is 2.23. The minimum absolute atomic E-state index is 0.0680. The second-order valence-corrected chi connectivity index (χ2v) is 5.04. The number of nitrogens with one attached hydrogen (secondary N) is 1. The van der Waals surface area contributed by atoms with Gasteiger partial charge in [-0.05, 0) is 36.6 Å². The second-order valence-electron chi connectivity index (χ2n) is 5.04. The van der Waals surface area contributed by atoms with E-state index in [1.807, 2.05) is 0 Å². The summed E-state index contributed by atoms with van der Waals surface area (Å²) in [6, 6.07) is 3.49. The van der Waals surface area contributed by atoms with E-state index in [1.165, 1.54) is 6.07 Å². The van der Waals surface area contributed by atoms with Crippen LogP contribution in [0.15, 0.2) is 18.2 Å². The van der Waals surface area contributed by atoms with Gasteiger partial charge in [0.15, 0.2) is 0 Å². The summed E-state index contributed by atoms with van der Waals surface area (Å²) in [5.74, 6) is -0.792. The van der Waals surface area contributed by atoms with Crippen molar-refractivity contribution in [1.29, 1.82) is 0 Å². The van der Waals surface area contributed by atoms with Crippen LogP contribution in [0.2, 0.25) is 0 Å². The predicted molar refractivity (Wildman–Crippen MR) is 65.5 cm³/mol. The standard InChI is InChI=1S/C13H20F2N2/c1-13(2,5-6-16)9-17-8-10-7-11(14)3-4-12(10)15/h3-4,7,17H,5-6,8-9,16H2,1-2H3. The molecule has 0 saturated heterocycles. The SMILES string of the molecule is CC(C)(CCN)CNCc1cc(F)ccc1F. The zero-order valence-electron chi connectivity index (χ0n) is 10.4. The molecule has 2 nitrogen and oxygen atoms in total. The normalized spacial score (nSPS) is 11.8. The molecule has 0 bridgehead atoms. The topological polar surface area (TPSA) is 38.0 Å². The summed E-state index contributed by atoms with van der Waals surface area (Å²) in [5, 5.41) is 3.13. The largest absolute Gasteiger partial charge is 0.330 e. The lowest BCUT2D eigenvalue weighted by molar-refractivity contribution is 0.318. The monoisotopic (exact) mass is 242 g/mol. The van der Waals surface area contributed by atoms with E-state index in [9.17, 15) is 8.78 Å². The zero-order valence-corrected chi connectivity index (χ0v) is 10.4. The van der Waals surface area contributed by atoms with Gasteiger partial charge in [-0.3, -0.25) is 0 Å². The van der Waals surface area contributed by atoms with Gasteiger partial charge >= 0.3 is 0 Å². The summed E-state index contributed by atoms with van der Waals surface area (Å²) >= 11 is 0. The third-order valence-corrected chi connectivity index (χ3v) is 2.75. The minimum Gasteiger partial charge on any atom is -0.330 e. The fraction of sp³-hybridized carbons (Fsp3) is 0.538. The van der Waals surface area contributed by atoms with E-state index in [4.69, 9.17) is 5.73 Å². The van der Waals surface area contributed by atoms with Crippen LogP contribution in [0.1, 0.15) is 25.8 Å². The molecule has 3 N–H and O–H groups in total. The van der Waals surface area contributed by atoms with E-state index in [0.29, 0.717) is 18.7 Å². The maximum absolute atomic E-state index is 13.3. The predicted octanol–water partition coefficient (Wildman–Crippen LogP) is 2.43. The van der Waals surface area contributed by atoms with Crippen molar-refractivity contribution in [2.45, 2.75) is 26.8 Å². The number of halogens is 2. The Morgan fingerprint density at radius 1 is 1.29 bits per heavy atom. The van der Waals surface area contributed by atoms with Gasteiger partial charge in [-0.15, -0.1) is 0 Å². The van der Waals surface area contributed by atoms with Crippen LogP contribution in [0.4, 0.5) is 8.78 Å². The maximum atomic E-state index is 13.3. The van der Waals surface area contributed by atoms with Crippen molar-refractivity contribution < 1.29 is 8.78 Å². The molecule has 1 rings (SSSR count). The van der Waals surface area contributed by atoms with Gasteiger partial charge in [0.25, 0.3) is 0 Å². The number of nitrogens with two attached hydrogens (primary N) is 1. The lowest BCUT2D eigenvalue weighted by Crippen LogP contribution is -2.31. The van der Waals surface area contributed by atoms with Crippen molar-refractivity contribution in [3.8, 4) is 0 Å². The average molecular weight is 242 g/mol. The molecule has 0 aliphatic heterocycles. The van der Waals surface area contributed by atoms with Gasteiger partial charge in [0.1, 0.15) is 11.6 Å². The molecule has 4 heteroatoms. The van der Waals surface area contributed by atoms with Gasteiger partial charge in [-0.2, -0.15) is 0 Å². The first kappa shape index (κ1) is 14.1. The Bertz CT molecular complexity index is 364. The first-order chi connectivity index (χ1) is 7.94. The maximum Gasteiger partial charge on any atom is 0.127 e. The first-order valence-electron chi connectivity index (χ1n) is 5.79. The third kappa shape index (κ3) is 4.79. The van der Waals surface area contributed by atoms with E-state index >= 15 is 0 Å². The molecular formula is C13H20F2N2. The number of hydrogen-bond donors (Lipinski definition) is 2. The number of hydrogen-bond acceptors (Lipinski definition) is 2. The fourth-order valence-electron chi connectivity index (χ4n) is 1.69. The lowest BCUT2D eigenvalue weighted by Gasteiger charge is -2.24. The van der Waals surface area contributed by atoms with Crippen LogP contribution in [0.25, 0.3) is 0 Å². The molecule has 0 aliphatic rings. The second kappa shape index (κ2) is 6.07. The Balaban J connectivity index is 2.48. The molecule has 0 spiro atoms. The lowest BCUT2D eigenvalue weighted by atomic mass is 9.89. The van der Waals surface area contributed by atoms with Crippen molar-refractivity contribution in [2.24, 2.45) is 11.1 Å². The van der Waals surface area contributed by atoms with Crippen LogP contribution in [0, 0.1) is 17.0 Å². The molecule has 0 atom stereocenters. The number of benzene rings is 1. The Hall–Kier alpha value is -1.00. The number of rotatable bonds is 6. The van der Waals surface area contributed by atoms with Crippen LogP contribution >= 0.6 is 0 Å². The highest BCUT2D eigenvalue weighted by Gasteiger charge is 2.16. The van der Waals surface area contributed by atoms with Gasteiger partial charge in [0, 0.05) is 18.7 Å². The van der Waals surface area contributed by atoms with Crippen molar-refractivity contribution in [1.82, 2.24) is 5.32 Å². The van der Waals surface area contributed by atoms with Crippen molar-refractivity contribution >= 4 is 0 Å². The highest BCUT2D eigenvalue weighted by Crippen LogP contribution is 2.18. The smallest absolute Gasteiger partial charge is 0.127 e. The fourth-order valence-corrected chi connectivity index (χ4v) is 1.69. The third-order valence-electron chi connectivity index (χ3n) is 2.75. The van der Waals surface area contributed by atoms with Crippen molar-refractivity contribution in [3.05, 3.63) is 35.4 Å². The van der Waals surface area contributed by atoms with Gasteiger partial charge in [-0.1, -0.05) is 13.8 Å². The van der Waals surface area contributed by atoms with E-state index in [0.717, 1.165) is 25.1 Å². The molecule has 0 unspecified atom stereocenters. The zero-order chi connectivity index (χ0) is 12.9. The Kier molecular flexibility index (Phi) is 5.02. The molecule has 0 aromatic heterocycles. The first-order valence-corrected chi connectivity index (χ1v) is 5.79. The van der Waals surface area contributed by atoms with E-state index in [1.54, 1.807) is 0 Å². The molecule has 0 fully saturated rings. The summed E-state index contributed by atoms with van der Waals surface area (Å²) in [4.78, 5) is 0. The summed E-state index contributed by atoms with van der Waals surface area (Å²) in [6.07, 6.45) is 0.894. The Morgan fingerprint density at radius 2 is 2.00 bits per heavy atom. The van der Waals surface area contributed by atoms with Gasteiger partial charge in [0.05, 0.1) is 0 Å². The van der Waals surface area contributed by atoms with Crippen LogP contribution in [-0.2, 0) is 6.54 Å². The molecule has 1 aromatic carbocycles. The minimum atomic E-state index is -0.413. The molecular weight excluding hydrogens is 222 g/mol. The van der Waals surface area contributed by atoms with E-state index in [2.05, 4.69) is 19.2 Å². The Labute approximate surface area is 101 Å². The summed E-state index contributed by atoms with van der Waals surface area (Å²) in [6.45, 7) is 5.87. The Morgan fingerprint density at radius 3 is 2.65 bits per heavy atom. The van der Waals surface area contributed by atoms with Crippen LogP contribution in [0.3, 0.4) is 0 Å². The molecule has 17 heavy (non-hydrogen) atoms. The molecule has 0 amide bonds. The molecule has 0 aliphatic carbocycles. The molecule has 1 aromatic rings.